The van der Waals surface area contributed by atoms with Gasteiger partial charge in [0.05, 0.1) is 6.10 Å². The van der Waals surface area contributed by atoms with Crippen LogP contribution in [0.25, 0.3) is 0 Å². The predicted octanol–water partition coefficient (Wildman–Crippen LogP) is 4.60. The van der Waals surface area contributed by atoms with Gasteiger partial charge < -0.3 is 9.84 Å². The first-order chi connectivity index (χ1) is 13.0. The van der Waals surface area contributed by atoms with Crippen molar-refractivity contribution < 1.29 is 14.6 Å². The minimum atomic E-state index is -0.756. The summed E-state index contributed by atoms with van der Waals surface area (Å²) in [5, 5.41) is 9.38. The molecule has 0 aromatic heterocycles. The van der Waals surface area contributed by atoms with Gasteiger partial charge in [0.1, 0.15) is 11.6 Å². The summed E-state index contributed by atoms with van der Waals surface area (Å²) in [7, 11) is 1.89. The van der Waals surface area contributed by atoms with Crippen LogP contribution in [0, 0.1) is 0 Å². The number of hydrogen-bond acceptors (Lipinski definition) is 3. The smallest absolute Gasteiger partial charge is 0.320 e. The van der Waals surface area contributed by atoms with Gasteiger partial charge in [0, 0.05) is 0 Å². The maximum Gasteiger partial charge on any atom is 0.320 e. The first-order valence-electron chi connectivity index (χ1n) is 9.75. The zero-order valence-corrected chi connectivity index (χ0v) is 16.4. The Kier molecular flexibility index (Phi) is 5.98. The topological polar surface area (TPSA) is 49.8 Å². The Morgan fingerprint density at radius 3 is 2.52 bits per heavy atom. The number of benzene rings is 2. The summed E-state index contributed by atoms with van der Waals surface area (Å²) in [5.74, 6) is -0.756. The fourth-order valence-electron chi connectivity index (χ4n) is 4.32. The molecule has 4 heteroatoms. The van der Waals surface area contributed by atoms with Gasteiger partial charge in [0.25, 0.3) is 0 Å². The molecule has 3 rings (SSSR count). The molecule has 0 radical (unpaired) electrons. The summed E-state index contributed by atoms with van der Waals surface area (Å²) in [6.45, 7) is 4.74. The van der Waals surface area contributed by atoms with Crippen LogP contribution in [0.2, 0.25) is 0 Å². The lowest BCUT2D eigenvalue weighted by Crippen LogP contribution is -2.39. The van der Waals surface area contributed by atoms with E-state index in [0.717, 1.165) is 24.9 Å². The molecule has 0 fully saturated rings. The third-order valence-corrected chi connectivity index (χ3v) is 5.70. The van der Waals surface area contributed by atoms with E-state index >= 15 is 0 Å². The van der Waals surface area contributed by atoms with Crippen LogP contribution in [0.4, 0.5) is 0 Å². The van der Waals surface area contributed by atoms with Crippen LogP contribution in [-0.2, 0) is 15.1 Å². The molecule has 2 aromatic carbocycles. The van der Waals surface area contributed by atoms with Crippen LogP contribution < -0.4 is 0 Å². The largest absolute Gasteiger partial charge is 0.480 e. The number of nitrogens with zero attached hydrogens (tertiary/aromatic N) is 1. The number of aliphatic carboxylic acids is 1. The highest BCUT2D eigenvalue weighted by molar-refractivity contribution is 5.73. The lowest BCUT2D eigenvalue weighted by atomic mass is 9.81. The maximum atomic E-state index is 11.4. The van der Waals surface area contributed by atoms with Crippen LogP contribution in [-0.4, -0.2) is 35.6 Å². The summed E-state index contributed by atoms with van der Waals surface area (Å²) in [5.41, 5.74) is 3.17. The van der Waals surface area contributed by atoms with E-state index in [4.69, 9.17) is 4.74 Å². The van der Waals surface area contributed by atoms with Gasteiger partial charge in [-0.15, -0.1) is 0 Å². The summed E-state index contributed by atoms with van der Waals surface area (Å²) in [4.78, 5) is 13.4. The van der Waals surface area contributed by atoms with Crippen LogP contribution in [0.3, 0.4) is 0 Å². The van der Waals surface area contributed by atoms with Gasteiger partial charge in [-0.1, -0.05) is 61.5 Å². The van der Waals surface area contributed by atoms with Crippen molar-refractivity contribution in [2.24, 2.45) is 0 Å². The molecule has 0 aliphatic carbocycles. The van der Waals surface area contributed by atoms with E-state index in [-0.39, 0.29) is 6.10 Å². The van der Waals surface area contributed by atoms with Crippen molar-refractivity contribution in [1.82, 2.24) is 4.90 Å². The summed E-state index contributed by atoms with van der Waals surface area (Å²) < 4.78 is 6.59. The molecule has 144 valence electrons. The average molecular weight is 367 g/mol. The lowest BCUT2D eigenvalue weighted by molar-refractivity contribution is -0.142. The van der Waals surface area contributed by atoms with Gasteiger partial charge in [-0.05, 0) is 56.5 Å². The number of carbonyl (C=O) groups is 1. The van der Waals surface area contributed by atoms with Gasteiger partial charge in [-0.25, -0.2) is 0 Å². The second-order valence-corrected chi connectivity index (χ2v) is 7.39. The number of ether oxygens (including phenoxy) is 1. The van der Waals surface area contributed by atoms with Gasteiger partial charge in [0.15, 0.2) is 0 Å². The average Bonchev–Trinajstić information content (AvgIpc) is 2.96. The first kappa shape index (κ1) is 19.6. The van der Waals surface area contributed by atoms with E-state index in [0.29, 0.717) is 6.42 Å². The SMILES string of the molecule is CCC(C(=O)O)N(C)CCCC1(c2ccccc2)OC(C)c2ccccc21. The zero-order chi connectivity index (χ0) is 19.4. The van der Waals surface area contributed by atoms with Crippen molar-refractivity contribution >= 4 is 5.97 Å². The quantitative estimate of drug-likeness (QED) is 0.741. The van der Waals surface area contributed by atoms with Crippen LogP contribution in [0.5, 0.6) is 0 Å². The fourth-order valence-corrected chi connectivity index (χ4v) is 4.32. The van der Waals surface area contributed by atoms with Crippen molar-refractivity contribution in [3.05, 3.63) is 71.3 Å². The summed E-state index contributed by atoms with van der Waals surface area (Å²) in [6.07, 6.45) is 2.32. The molecule has 0 amide bonds. The summed E-state index contributed by atoms with van der Waals surface area (Å²) >= 11 is 0. The zero-order valence-electron chi connectivity index (χ0n) is 16.4. The third kappa shape index (κ3) is 3.78. The molecule has 0 bridgehead atoms. The van der Waals surface area contributed by atoms with Crippen LogP contribution in [0.1, 0.15) is 55.9 Å². The van der Waals surface area contributed by atoms with Gasteiger partial charge >= 0.3 is 5.97 Å². The molecule has 2 aromatic rings. The number of likely N-dealkylation sites (N-methyl/N-ethyl adjacent to an activating group) is 1. The van der Waals surface area contributed by atoms with E-state index < -0.39 is 17.6 Å². The Hall–Kier alpha value is -2.17. The highest BCUT2D eigenvalue weighted by Gasteiger charge is 2.44. The molecule has 4 nitrogen and oxygen atoms in total. The predicted molar refractivity (Wildman–Crippen MR) is 107 cm³/mol. The van der Waals surface area contributed by atoms with Crippen LogP contribution >= 0.6 is 0 Å². The van der Waals surface area contributed by atoms with Crippen molar-refractivity contribution in [2.45, 2.75) is 50.9 Å². The molecule has 0 saturated heterocycles. The molecule has 27 heavy (non-hydrogen) atoms. The Morgan fingerprint density at radius 2 is 1.85 bits per heavy atom. The van der Waals surface area contributed by atoms with Gasteiger partial charge in [-0.3, -0.25) is 9.69 Å². The lowest BCUT2D eigenvalue weighted by Gasteiger charge is -2.32. The summed E-state index contributed by atoms with van der Waals surface area (Å²) in [6, 6.07) is 18.4. The van der Waals surface area contributed by atoms with Crippen molar-refractivity contribution in [2.75, 3.05) is 13.6 Å². The van der Waals surface area contributed by atoms with Crippen molar-refractivity contribution in [1.29, 1.82) is 0 Å². The Balaban J connectivity index is 1.85. The molecule has 1 heterocycles. The molecule has 0 spiro atoms. The van der Waals surface area contributed by atoms with Crippen molar-refractivity contribution in [3.63, 3.8) is 0 Å². The molecule has 3 atom stereocenters. The number of carboxylic acid groups (broad SMARTS) is 1. The fraction of sp³-hybridized carbons (Fsp3) is 0.435. The van der Waals surface area contributed by atoms with Gasteiger partial charge in [-0.2, -0.15) is 0 Å². The standard InChI is InChI=1S/C23H29NO3/c1-4-21(22(25)26)24(3)16-10-15-23(18-11-6-5-7-12-18)20-14-9-8-13-19(20)17(2)27-23/h5-9,11-14,17,21H,4,10,15-16H2,1-3H3,(H,25,26). The van der Waals surface area contributed by atoms with E-state index in [9.17, 15) is 9.90 Å². The molecular weight excluding hydrogens is 338 g/mol. The van der Waals surface area contributed by atoms with Crippen molar-refractivity contribution in [3.8, 4) is 0 Å². The van der Waals surface area contributed by atoms with E-state index in [1.807, 2.05) is 24.9 Å². The highest BCUT2D eigenvalue weighted by Crippen LogP contribution is 2.49. The van der Waals surface area contributed by atoms with E-state index in [1.165, 1.54) is 11.1 Å². The molecule has 3 unspecified atom stereocenters. The second-order valence-electron chi connectivity index (χ2n) is 7.39. The van der Waals surface area contributed by atoms with E-state index in [2.05, 4.69) is 55.5 Å². The maximum absolute atomic E-state index is 11.4. The first-order valence-corrected chi connectivity index (χ1v) is 9.75. The van der Waals surface area contributed by atoms with E-state index in [1.54, 1.807) is 0 Å². The van der Waals surface area contributed by atoms with Crippen LogP contribution in [0.15, 0.2) is 54.6 Å². The number of rotatable bonds is 8. The Morgan fingerprint density at radius 1 is 1.19 bits per heavy atom. The highest BCUT2D eigenvalue weighted by atomic mass is 16.5. The molecule has 1 aliphatic rings. The molecule has 1 aliphatic heterocycles. The number of fused-ring (bicyclic) bond motifs is 1. The minimum Gasteiger partial charge on any atom is -0.480 e. The second kappa shape index (κ2) is 8.24. The Labute approximate surface area is 161 Å². The number of carboxylic acids is 1. The molecule has 1 N–H and O–H groups in total. The van der Waals surface area contributed by atoms with Gasteiger partial charge in [0.2, 0.25) is 0 Å². The number of hydrogen-bond donors (Lipinski definition) is 1. The molecular formula is C23H29NO3. The third-order valence-electron chi connectivity index (χ3n) is 5.70. The Bertz CT molecular complexity index is 776. The minimum absolute atomic E-state index is 0.0431. The molecule has 0 saturated carbocycles. The monoisotopic (exact) mass is 367 g/mol. The normalized spacial score (nSPS) is 22.6.